The number of nitrogens with two attached hydrogens (primary N) is 1. The Kier molecular flexibility index (Phi) is 7.15. The van der Waals surface area contributed by atoms with Crippen LogP contribution in [0.5, 0.6) is 0 Å². The van der Waals surface area contributed by atoms with Crippen molar-refractivity contribution < 1.29 is 4.74 Å². The topological polar surface area (TPSA) is 47.6 Å². The van der Waals surface area contributed by atoms with Crippen LogP contribution in [0.15, 0.2) is 4.99 Å². The first-order chi connectivity index (χ1) is 5.31. The van der Waals surface area contributed by atoms with Gasteiger partial charge in [-0.2, -0.15) is 0 Å². The third-order valence-electron chi connectivity index (χ3n) is 1.26. The average molecular weight is 158 g/mol. The second kappa shape index (κ2) is 7.54. The maximum absolute atomic E-state index is 5.56. The van der Waals surface area contributed by atoms with E-state index in [0.717, 1.165) is 25.3 Å². The predicted molar refractivity (Wildman–Crippen MR) is 47.9 cm³/mol. The van der Waals surface area contributed by atoms with Crippen LogP contribution in [0.4, 0.5) is 0 Å². The lowest BCUT2D eigenvalue weighted by atomic mass is 10.3. The first-order valence-corrected chi connectivity index (χ1v) is 4.17. The Labute approximate surface area is 68.6 Å². The Morgan fingerprint density at radius 1 is 1.45 bits per heavy atom. The standard InChI is InChI=1S/C8H18N2O/c1-3-5-8(9)10-6-7-11-4-2/h3-7H2,1-2H3,(H2,9,10). The molecule has 11 heavy (non-hydrogen) atoms. The predicted octanol–water partition coefficient (Wildman–Crippen LogP) is 1.18. The summed E-state index contributed by atoms with van der Waals surface area (Å²) in [6.07, 6.45) is 1.95. The summed E-state index contributed by atoms with van der Waals surface area (Å²) in [7, 11) is 0. The fourth-order valence-electron chi connectivity index (χ4n) is 0.733. The maximum atomic E-state index is 5.56. The maximum Gasteiger partial charge on any atom is 0.0937 e. The molecule has 0 radical (unpaired) electrons. The molecule has 0 aliphatic heterocycles. The van der Waals surface area contributed by atoms with Crippen molar-refractivity contribution in [3.05, 3.63) is 0 Å². The fourth-order valence-corrected chi connectivity index (χ4v) is 0.733. The van der Waals surface area contributed by atoms with Gasteiger partial charge in [-0.25, -0.2) is 0 Å². The van der Waals surface area contributed by atoms with E-state index in [1.54, 1.807) is 0 Å². The smallest absolute Gasteiger partial charge is 0.0937 e. The van der Waals surface area contributed by atoms with E-state index in [4.69, 9.17) is 10.5 Å². The van der Waals surface area contributed by atoms with Gasteiger partial charge in [0.05, 0.1) is 19.0 Å². The quantitative estimate of drug-likeness (QED) is 0.358. The molecule has 0 aromatic rings. The van der Waals surface area contributed by atoms with Crippen molar-refractivity contribution in [2.75, 3.05) is 19.8 Å². The van der Waals surface area contributed by atoms with Gasteiger partial charge in [0.2, 0.25) is 0 Å². The zero-order valence-corrected chi connectivity index (χ0v) is 7.47. The molecule has 0 aromatic heterocycles. The lowest BCUT2D eigenvalue weighted by molar-refractivity contribution is 0.156. The monoisotopic (exact) mass is 158 g/mol. The van der Waals surface area contributed by atoms with E-state index >= 15 is 0 Å². The van der Waals surface area contributed by atoms with Crippen molar-refractivity contribution in [1.29, 1.82) is 0 Å². The van der Waals surface area contributed by atoms with E-state index in [1.165, 1.54) is 0 Å². The van der Waals surface area contributed by atoms with Crippen LogP contribution < -0.4 is 5.73 Å². The molecule has 3 heteroatoms. The summed E-state index contributed by atoms with van der Waals surface area (Å²) in [5.74, 6) is 0.743. The molecule has 0 bridgehead atoms. The lowest BCUT2D eigenvalue weighted by Gasteiger charge is -1.98. The first-order valence-electron chi connectivity index (χ1n) is 4.17. The number of hydrogen-bond acceptors (Lipinski definition) is 2. The summed E-state index contributed by atoms with van der Waals surface area (Å²) in [6.45, 7) is 6.19. The van der Waals surface area contributed by atoms with Crippen LogP contribution in [-0.4, -0.2) is 25.6 Å². The highest BCUT2D eigenvalue weighted by Gasteiger charge is 1.88. The Hall–Kier alpha value is -0.570. The van der Waals surface area contributed by atoms with Crippen LogP contribution in [0.3, 0.4) is 0 Å². The van der Waals surface area contributed by atoms with Gasteiger partial charge in [-0.3, -0.25) is 4.99 Å². The first kappa shape index (κ1) is 10.4. The molecular weight excluding hydrogens is 140 g/mol. The van der Waals surface area contributed by atoms with E-state index in [2.05, 4.69) is 11.9 Å². The van der Waals surface area contributed by atoms with Crippen molar-refractivity contribution in [3.8, 4) is 0 Å². The van der Waals surface area contributed by atoms with Crippen LogP contribution in [0, 0.1) is 0 Å². The number of aliphatic imine (C=N–C) groups is 1. The van der Waals surface area contributed by atoms with E-state index in [9.17, 15) is 0 Å². The van der Waals surface area contributed by atoms with Gasteiger partial charge in [-0.15, -0.1) is 0 Å². The molecule has 0 saturated carbocycles. The van der Waals surface area contributed by atoms with Gasteiger partial charge in [0.25, 0.3) is 0 Å². The molecule has 0 aromatic carbocycles. The van der Waals surface area contributed by atoms with Crippen molar-refractivity contribution in [3.63, 3.8) is 0 Å². The minimum atomic E-state index is 0.681. The normalized spacial score (nSPS) is 12.0. The van der Waals surface area contributed by atoms with Crippen molar-refractivity contribution in [1.82, 2.24) is 0 Å². The summed E-state index contributed by atoms with van der Waals surface area (Å²) >= 11 is 0. The molecule has 0 heterocycles. The molecule has 0 unspecified atom stereocenters. The van der Waals surface area contributed by atoms with Gasteiger partial charge in [-0.1, -0.05) is 6.92 Å². The summed E-state index contributed by atoms with van der Waals surface area (Å²) in [6, 6.07) is 0. The van der Waals surface area contributed by atoms with Crippen LogP contribution >= 0.6 is 0 Å². The fraction of sp³-hybridized carbons (Fsp3) is 0.875. The Morgan fingerprint density at radius 2 is 2.18 bits per heavy atom. The van der Waals surface area contributed by atoms with Gasteiger partial charge >= 0.3 is 0 Å². The molecular formula is C8H18N2O. The highest BCUT2D eigenvalue weighted by atomic mass is 16.5. The molecule has 0 rings (SSSR count). The molecule has 3 nitrogen and oxygen atoms in total. The third-order valence-corrected chi connectivity index (χ3v) is 1.26. The number of nitrogens with zero attached hydrogens (tertiary/aromatic N) is 1. The van der Waals surface area contributed by atoms with Crippen LogP contribution in [0.25, 0.3) is 0 Å². The SMILES string of the molecule is CCCC(N)=NCCOCC. The van der Waals surface area contributed by atoms with Crippen molar-refractivity contribution in [2.45, 2.75) is 26.7 Å². The lowest BCUT2D eigenvalue weighted by Crippen LogP contribution is -2.12. The molecule has 0 fully saturated rings. The van der Waals surface area contributed by atoms with Crippen LogP contribution in [-0.2, 0) is 4.74 Å². The molecule has 0 saturated heterocycles. The van der Waals surface area contributed by atoms with E-state index in [-0.39, 0.29) is 0 Å². The zero-order valence-electron chi connectivity index (χ0n) is 7.47. The third kappa shape index (κ3) is 7.33. The Balaban J connectivity index is 3.24. The van der Waals surface area contributed by atoms with E-state index in [1.807, 2.05) is 6.92 Å². The number of rotatable bonds is 6. The summed E-state index contributed by atoms with van der Waals surface area (Å²) in [5.41, 5.74) is 5.56. The van der Waals surface area contributed by atoms with Crippen molar-refractivity contribution in [2.24, 2.45) is 10.7 Å². The number of hydrogen-bond donors (Lipinski definition) is 1. The minimum absolute atomic E-state index is 0.681. The van der Waals surface area contributed by atoms with Crippen molar-refractivity contribution >= 4 is 5.84 Å². The van der Waals surface area contributed by atoms with E-state index < -0.39 is 0 Å². The molecule has 66 valence electrons. The van der Waals surface area contributed by atoms with Gasteiger partial charge in [0.15, 0.2) is 0 Å². The average Bonchev–Trinajstić information content (AvgIpc) is 1.99. The summed E-state index contributed by atoms with van der Waals surface area (Å²) in [5, 5.41) is 0. The van der Waals surface area contributed by atoms with E-state index in [0.29, 0.717) is 13.2 Å². The Morgan fingerprint density at radius 3 is 2.73 bits per heavy atom. The molecule has 0 spiro atoms. The molecule has 0 amide bonds. The molecule has 2 N–H and O–H groups in total. The Bertz CT molecular complexity index is 113. The molecule has 0 aliphatic rings. The van der Waals surface area contributed by atoms with Gasteiger partial charge < -0.3 is 10.5 Å². The summed E-state index contributed by atoms with van der Waals surface area (Å²) < 4.78 is 5.10. The largest absolute Gasteiger partial charge is 0.387 e. The number of ether oxygens (including phenoxy) is 1. The van der Waals surface area contributed by atoms with Crippen LogP contribution in [0.2, 0.25) is 0 Å². The van der Waals surface area contributed by atoms with Crippen LogP contribution in [0.1, 0.15) is 26.7 Å². The number of amidine groups is 1. The zero-order chi connectivity index (χ0) is 8.53. The minimum Gasteiger partial charge on any atom is -0.387 e. The second-order valence-corrected chi connectivity index (χ2v) is 2.32. The summed E-state index contributed by atoms with van der Waals surface area (Å²) in [4.78, 5) is 4.12. The van der Waals surface area contributed by atoms with Gasteiger partial charge in [0, 0.05) is 13.0 Å². The second-order valence-electron chi connectivity index (χ2n) is 2.32. The highest BCUT2D eigenvalue weighted by molar-refractivity contribution is 5.80. The van der Waals surface area contributed by atoms with Gasteiger partial charge in [-0.05, 0) is 13.3 Å². The van der Waals surface area contributed by atoms with Gasteiger partial charge in [0.1, 0.15) is 0 Å². The molecule has 0 atom stereocenters. The highest BCUT2D eigenvalue weighted by Crippen LogP contribution is 1.86. The molecule has 0 aliphatic carbocycles.